The predicted octanol–water partition coefficient (Wildman–Crippen LogP) is 2.36. The molecule has 0 saturated carbocycles. The number of halogens is 2. The van der Waals surface area contributed by atoms with Gasteiger partial charge in [0.15, 0.2) is 0 Å². The van der Waals surface area contributed by atoms with Crippen LogP contribution in [0.2, 0.25) is 5.02 Å². The molecule has 0 atom stereocenters. The smallest absolute Gasteiger partial charge is 0.272 e. The van der Waals surface area contributed by atoms with Crippen molar-refractivity contribution in [3.8, 4) is 0 Å². The Bertz CT molecular complexity index is 663. The third-order valence-corrected chi connectivity index (χ3v) is 3.97. The van der Waals surface area contributed by atoms with Crippen LogP contribution in [0.1, 0.15) is 0 Å². The zero-order chi connectivity index (χ0) is 13.4. The highest BCUT2D eigenvalue weighted by Crippen LogP contribution is 2.23. The number of benzene rings is 1. The van der Waals surface area contributed by atoms with Crippen LogP contribution in [0.5, 0.6) is 0 Å². The second-order valence-corrected chi connectivity index (χ2v) is 5.39. The van der Waals surface area contributed by atoms with Crippen LogP contribution in [0.25, 0.3) is 10.9 Å². The first kappa shape index (κ1) is 15.2. The summed E-state index contributed by atoms with van der Waals surface area (Å²) in [5.74, 6) is 0. The number of likely N-dealkylation sites (N-methyl/N-ethyl adjacent to an activating group) is 1. The van der Waals surface area contributed by atoms with E-state index in [1.54, 1.807) is 6.07 Å². The van der Waals surface area contributed by atoms with Gasteiger partial charge in [0.2, 0.25) is 0 Å². The molecule has 1 aromatic carbocycles. The van der Waals surface area contributed by atoms with Gasteiger partial charge in [0.1, 0.15) is 5.69 Å². The number of hydrogen-bond donors (Lipinski definition) is 1. The van der Waals surface area contributed by atoms with Gasteiger partial charge in [0, 0.05) is 31.6 Å². The topological polar surface area (TPSA) is 39.3 Å². The molecule has 1 aliphatic heterocycles. The third kappa shape index (κ3) is 2.77. The lowest BCUT2D eigenvalue weighted by Gasteiger charge is -2.33. The molecule has 1 saturated heterocycles. The summed E-state index contributed by atoms with van der Waals surface area (Å²) < 4.78 is 0. The van der Waals surface area contributed by atoms with Gasteiger partial charge in [-0.25, -0.2) is 0 Å². The minimum atomic E-state index is -0.0647. The van der Waals surface area contributed by atoms with Crippen molar-refractivity contribution < 1.29 is 0 Å². The number of nitrogens with zero attached hydrogens (tertiary/aromatic N) is 2. The van der Waals surface area contributed by atoms with E-state index in [1.807, 2.05) is 18.2 Å². The van der Waals surface area contributed by atoms with Crippen molar-refractivity contribution in [2.75, 3.05) is 38.1 Å². The molecule has 0 spiro atoms. The number of hydrogen-bond acceptors (Lipinski definition) is 3. The predicted molar refractivity (Wildman–Crippen MR) is 86.5 cm³/mol. The van der Waals surface area contributed by atoms with Crippen LogP contribution in [0.4, 0.5) is 5.69 Å². The summed E-state index contributed by atoms with van der Waals surface area (Å²) in [6, 6.07) is 7.59. The molecule has 1 fully saturated rings. The lowest BCUT2D eigenvalue weighted by molar-refractivity contribution is 0.312. The highest BCUT2D eigenvalue weighted by Gasteiger charge is 2.17. The highest BCUT2D eigenvalue weighted by atomic mass is 35.5. The Morgan fingerprint density at radius 1 is 1.20 bits per heavy atom. The second kappa shape index (κ2) is 6.04. The van der Waals surface area contributed by atoms with Gasteiger partial charge in [-0.05, 0) is 19.2 Å². The average molecular weight is 314 g/mol. The standard InChI is InChI=1S/C14H16ClN3O.ClH/c1-17-5-7-18(8-6-17)12-9-10-3-2-4-11(15)13(10)16-14(12)19;/h2-4,9H,5-8H2,1H3,(H,16,19);1H. The maximum absolute atomic E-state index is 12.2. The minimum Gasteiger partial charge on any atom is -0.365 e. The van der Waals surface area contributed by atoms with Crippen molar-refractivity contribution in [2.24, 2.45) is 0 Å². The summed E-state index contributed by atoms with van der Waals surface area (Å²) in [6.45, 7) is 3.72. The normalized spacial score (nSPS) is 16.2. The molecule has 108 valence electrons. The van der Waals surface area contributed by atoms with Crippen molar-refractivity contribution in [3.63, 3.8) is 0 Å². The number of pyridine rings is 1. The molecule has 1 aromatic heterocycles. The molecule has 20 heavy (non-hydrogen) atoms. The molecule has 2 heterocycles. The molecule has 0 aliphatic carbocycles. The van der Waals surface area contributed by atoms with Gasteiger partial charge in [-0.15, -0.1) is 12.4 Å². The van der Waals surface area contributed by atoms with E-state index >= 15 is 0 Å². The van der Waals surface area contributed by atoms with Crippen LogP contribution in [0, 0.1) is 0 Å². The third-order valence-electron chi connectivity index (χ3n) is 3.65. The van der Waals surface area contributed by atoms with Crippen LogP contribution in [-0.4, -0.2) is 43.1 Å². The van der Waals surface area contributed by atoms with Gasteiger partial charge < -0.3 is 14.8 Å². The second-order valence-electron chi connectivity index (χ2n) is 4.98. The number of anilines is 1. The number of H-pyrrole nitrogens is 1. The first-order valence-corrected chi connectivity index (χ1v) is 6.78. The highest BCUT2D eigenvalue weighted by molar-refractivity contribution is 6.35. The lowest BCUT2D eigenvalue weighted by Crippen LogP contribution is -2.46. The van der Waals surface area contributed by atoms with Crippen molar-refractivity contribution in [2.45, 2.75) is 0 Å². The van der Waals surface area contributed by atoms with E-state index < -0.39 is 0 Å². The van der Waals surface area contributed by atoms with E-state index in [-0.39, 0.29) is 18.0 Å². The average Bonchev–Trinajstić information content (AvgIpc) is 2.40. The molecule has 1 aliphatic rings. The number of aromatic amines is 1. The molecule has 4 nitrogen and oxygen atoms in total. The summed E-state index contributed by atoms with van der Waals surface area (Å²) in [7, 11) is 2.10. The van der Waals surface area contributed by atoms with Crippen LogP contribution in [-0.2, 0) is 0 Å². The van der Waals surface area contributed by atoms with Crippen molar-refractivity contribution in [1.29, 1.82) is 0 Å². The van der Waals surface area contributed by atoms with E-state index in [2.05, 4.69) is 21.8 Å². The summed E-state index contributed by atoms with van der Waals surface area (Å²) in [6.07, 6.45) is 0. The Balaban J connectivity index is 0.00000147. The molecule has 0 amide bonds. The summed E-state index contributed by atoms with van der Waals surface area (Å²) in [5, 5.41) is 1.56. The zero-order valence-electron chi connectivity index (χ0n) is 11.2. The molecular weight excluding hydrogens is 297 g/mol. The fourth-order valence-electron chi connectivity index (χ4n) is 2.47. The number of aromatic nitrogens is 1. The Kier molecular flexibility index (Phi) is 4.58. The zero-order valence-corrected chi connectivity index (χ0v) is 12.8. The molecule has 3 rings (SSSR count). The minimum absolute atomic E-state index is 0. The van der Waals surface area contributed by atoms with Crippen LogP contribution in [0.3, 0.4) is 0 Å². The Morgan fingerprint density at radius 2 is 1.90 bits per heavy atom. The molecule has 0 radical (unpaired) electrons. The Hall–Kier alpha value is -1.23. The van der Waals surface area contributed by atoms with Gasteiger partial charge in [-0.2, -0.15) is 0 Å². The van der Waals surface area contributed by atoms with E-state index in [4.69, 9.17) is 11.6 Å². The maximum Gasteiger partial charge on any atom is 0.272 e. The number of fused-ring (bicyclic) bond motifs is 1. The molecule has 0 unspecified atom stereocenters. The number of para-hydroxylation sites is 1. The molecular formula is C14H17Cl2N3O. The Morgan fingerprint density at radius 3 is 2.60 bits per heavy atom. The van der Waals surface area contributed by atoms with Gasteiger partial charge >= 0.3 is 0 Å². The van der Waals surface area contributed by atoms with Gasteiger partial charge in [-0.1, -0.05) is 23.7 Å². The van der Waals surface area contributed by atoms with Gasteiger partial charge in [0.25, 0.3) is 5.56 Å². The van der Waals surface area contributed by atoms with Crippen LogP contribution in [0.15, 0.2) is 29.1 Å². The summed E-state index contributed by atoms with van der Waals surface area (Å²) >= 11 is 6.10. The van der Waals surface area contributed by atoms with Crippen molar-refractivity contribution >= 4 is 40.6 Å². The fourth-order valence-corrected chi connectivity index (χ4v) is 2.69. The van der Waals surface area contributed by atoms with Gasteiger partial charge in [0.05, 0.1) is 10.5 Å². The van der Waals surface area contributed by atoms with Crippen molar-refractivity contribution in [3.05, 3.63) is 39.6 Å². The maximum atomic E-state index is 12.2. The number of nitrogens with one attached hydrogen (secondary N) is 1. The molecule has 6 heteroatoms. The summed E-state index contributed by atoms with van der Waals surface area (Å²) in [5.41, 5.74) is 1.39. The van der Waals surface area contributed by atoms with Gasteiger partial charge in [-0.3, -0.25) is 4.79 Å². The van der Waals surface area contributed by atoms with Crippen molar-refractivity contribution in [1.82, 2.24) is 9.88 Å². The number of piperazine rings is 1. The first-order chi connectivity index (χ1) is 9.15. The Labute approximate surface area is 128 Å². The van der Waals surface area contributed by atoms with Crippen LogP contribution >= 0.6 is 24.0 Å². The largest absolute Gasteiger partial charge is 0.365 e. The van der Waals surface area contributed by atoms with E-state index in [0.29, 0.717) is 10.5 Å². The number of rotatable bonds is 1. The first-order valence-electron chi connectivity index (χ1n) is 6.40. The molecule has 1 N–H and O–H groups in total. The van der Waals surface area contributed by atoms with Crippen LogP contribution < -0.4 is 10.5 Å². The lowest BCUT2D eigenvalue weighted by atomic mass is 10.2. The quantitative estimate of drug-likeness (QED) is 0.878. The monoisotopic (exact) mass is 313 g/mol. The van der Waals surface area contributed by atoms with E-state index in [1.165, 1.54) is 0 Å². The van der Waals surface area contributed by atoms with E-state index in [9.17, 15) is 4.79 Å². The fraction of sp³-hybridized carbons (Fsp3) is 0.357. The molecule has 2 aromatic rings. The molecule has 0 bridgehead atoms. The SMILES string of the molecule is CN1CCN(c2cc3cccc(Cl)c3[nH]c2=O)CC1.Cl. The van der Waals surface area contributed by atoms with E-state index in [0.717, 1.165) is 37.3 Å². The summed E-state index contributed by atoms with van der Waals surface area (Å²) in [4.78, 5) is 19.5.